The van der Waals surface area contributed by atoms with E-state index in [2.05, 4.69) is 73.2 Å². The topological polar surface area (TPSA) is 12.5 Å². The van der Waals surface area contributed by atoms with Crippen molar-refractivity contribution < 1.29 is 4.74 Å². The van der Waals surface area contributed by atoms with Gasteiger partial charge in [0.2, 0.25) is 0 Å². The van der Waals surface area contributed by atoms with Gasteiger partial charge in [-0.3, -0.25) is 0 Å². The molecule has 2 rings (SSSR count). The van der Waals surface area contributed by atoms with Gasteiger partial charge < -0.3 is 9.64 Å². The molecule has 0 saturated heterocycles. The highest BCUT2D eigenvalue weighted by atomic mass is 32.1. The van der Waals surface area contributed by atoms with Crippen molar-refractivity contribution >= 4 is 29.2 Å². The fourth-order valence-corrected chi connectivity index (χ4v) is 3.43. The van der Waals surface area contributed by atoms with E-state index in [9.17, 15) is 0 Å². The summed E-state index contributed by atoms with van der Waals surface area (Å²) in [5.41, 5.74) is 3.39. The van der Waals surface area contributed by atoms with Crippen molar-refractivity contribution in [2.45, 2.75) is 46.5 Å². The molecule has 1 aromatic heterocycles. The van der Waals surface area contributed by atoms with Gasteiger partial charge in [0.05, 0.1) is 0 Å². The molecule has 0 saturated carbocycles. The van der Waals surface area contributed by atoms with Crippen molar-refractivity contribution in [3.05, 3.63) is 58.3 Å². The third-order valence-electron chi connectivity index (χ3n) is 4.37. The summed E-state index contributed by atoms with van der Waals surface area (Å²) in [4.78, 5) is 3.74. The van der Waals surface area contributed by atoms with Crippen LogP contribution in [0, 0.1) is 0 Å². The number of unbranched alkanes of at least 4 members (excludes halogenated alkanes) is 2. The molecule has 0 unspecified atom stereocenters. The van der Waals surface area contributed by atoms with E-state index in [0.717, 1.165) is 30.0 Å². The molecule has 0 aliphatic carbocycles. The summed E-state index contributed by atoms with van der Waals surface area (Å²) in [5.74, 6) is 0.932. The number of ether oxygens (including phenoxy) is 1. The molecule has 0 fully saturated rings. The Hall–Kier alpha value is -2.00. The lowest BCUT2D eigenvalue weighted by Gasteiger charge is -2.25. The van der Waals surface area contributed by atoms with Gasteiger partial charge in [0.1, 0.15) is 12.4 Å². The number of benzene rings is 1. The van der Waals surface area contributed by atoms with Crippen LogP contribution in [0.4, 0.5) is 5.69 Å². The largest absolute Gasteiger partial charge is 0.489 e. The highest BCUT2D eigenvalue weighted by molar-refractivity contribution is 7.10. The zero-order chi connectivity index (χ0) is 19.5. The van der Waals surface area contributed by atoms with E-state index >= 15 is 0 Å². The number of anilines is 1. The summed E-state index contributed by atoms with van der Waals surface area (Å²) in [5, 5.41) is 2.10. The third-order valence-corrected chi connectivity index (χ3v) is 5.21. The number of hydrogen-bond acceptors (Lipinski definition) is 3. The van der Waals surface area contributed by atoms with Gasteiger partial charge in [0.25, 0.3) is 0 Å². The molecule has 2 nitrogen and oxygen atoms in total. The van der Waals surface area contributed by atoms with Gasteiger partial charge >= 0.3 is 0 Å². The van der Waals surface area contributed by atoms with Crippen molar-refractivity contribution in [1.29, 1.82) is 0 Å². The van der Waals surface area contributed by atoms with E-state index in [1.54, 1.807) is 11.3 Å². The smallest absolute Gasteiger partial charge is 0.129 e. The predicted octanol–water partition coefficient (Wildman–Crippen LogP) is 7.28. The van der Waals surface area contributed by atoms with Crippen LogP contribution >= 0.6 is 11.3 Å². The van der Waals surface area contributed by atoms with Gasteiger partial charge in [-0.25, -0.2) is 0 Å². The fourth-order valence-electron chi connectivity index (χ4n) is 2.81. The van der Waals surface area contributed by atoms with Crippen molar-refractivity contribution in [2.75, 3.05) is 24.6 Å². The Morgan fingerprint density at radius 1 is 1.11 bits per heavy atom. The van der Waals surface area contributed by atoms with Crippen molar-refractivity contribution in [1.82, 2.24) is 0 Å². The van der Waals surface area contributed by atoms with Crippen LogP contribution in [-0.2, 0) is 0 Å². The minimum absolute atomic E-state index is 0.549. The summed E-state index contributed by atoms with van der Waals surface area (Å²) in [6, 6.07) is 10.8. The minimum atomic E-state index is 0.549. The Kier molecular flexibility index (Phi) is 9.20. The fraction of sp³-hybridized carbons (Fsp3) is 0.417. The van der Waals surface area contributed by atoms with E-state index in [1.165, 1.54) is 36.2 Å². The Labute approximate surface area is 169 Å². The monoisotopic (exact) mass is 383 g/mol. The molecule has 0 radical (unpaired) electrons. The summed E-state index contributed by atoms with van der Waals surface area (Å²) in [7, 11) is 0. The maximum Gasteiger partial charge on any atom is 0.129 e. The maximum absolute atomic E-state index is 6.09. The standard InChI is InChI=1S/C24H33NOS/c1-5-7-15-25(16-8-6-2)22-13-11-21(12-14-23-10-9-17-27-23)24(18-22)26-19-20(3)4/h9-14,17-18H,3,5-8,15-16,19H2,1-2,4H3. The van der Waals surface area contributed by atoms with Crippen LogP contribution in [-0.4, -0.2) is 19.7 Å². The quantitative estimate of drug-likeness (QED) is 0.357. The molecule has 27 heavy (non-hydrogen) atoms. The molecule has 1 heterocycles. The SMILES string of the molecule is C=C(C)COc1cc(N(CCCC)CCCC)ccc1C=Cc1cccs1. The molecule has 146 valence electrons. The molecule has 0 aliphatic heterocycles. The van der Waals surface area contributed by atoms with Gasteiger partial charge in [0.15, 0.2) is 0 Å². The number of hydrogen-bond donors (Lipinski definition) is 0. The van der Waals surface area contributed by atoms with E-state index in [0.29, 0.717) is 6.61 Å². The molecule has 0 aliphatic rings. The third kappa shape index (κ3) is 7.26. The van der Waals surface area contributed by atoms with Gasteiger partial charge in [-0.1, -0.05) is 39.3 Å². The van der Waals surface area contributed by atoms with Crippen molar-refractivity contribution in [3.63, 3.8) is 0 Å². The van der Waals surface area contributed by atoms with Crippen LogP contribution in [0.3, 0.4) is 0 Å². The normalized spacial score (nSPS) is 11.1. The minimum Gasteiger partial charge on any atom is -0.489 e. The first-order valence-corrected chi connectivity index (χ1v) is 10.9. The number of nitrogens with zero attached hydrogens (tertiary/aromatic N) is 1. The Bertz CT molecular complexity index is 710. The van der Waals surface area contributed by atoms with Crippen LogP contribution in [0.25, 0.3) is 12.2 Å². The Morgan fingerprint density at radius 2 is 1.85 bits per heavy atom. The molecule has 3 heteroatoms. The first-order valence-electron chi connectivity index (χ1n) is 10.0. The average molecular weight is 384 g/mol. The summed E-state index contributed by atoms with van der Waals surface area (Å²) < 4.78 is 6.09. The average Bonchev–Trinajstić information content (AvgIpc) is 3.19. The van der Waals surface area contributed by atoms with Gasteiger partial charge in [-0.05, 0) is 61.1 Å². The molecule has 0 bridgehead atoms. The molecule has 0 spiro atoms. The van der Waals surface area contributed by atoms with Crippen LogP contribution in [0.1, 0.15) is 56.9 Å². The summed E-state index contributed by atoms with van der Waals surface area (Å²) in [6.07, 6.45) is 9.15. The molecular weight excluding hydrogens is 350 g/mol. The molecule has 2 aromatic rings. The van der Waals surface area contributed by atoms with Gasteiger partial charge in [0, 0.05) is 35.3 Å². The molecular formula is C24H33NOS. The van der Waals surface area contributed by atoms with Crippen LogP contribution < -0.4 is 9.64 Å². The van der Waals surface area contributed by atoms with Crippen molar-refractivity contribution in [2.24, 2.45) is 0 Å². The van der Waals surface area contributed by atoms with E-state index < -0.39 is 0 Å². The Balaban J connectivity index is 2.27. The van der Waals surface area contributed by atoms with E-state index in [4.69, 9.17) is 4.74 Å². The molecule has 0 atom stereocenters. The van der Waals surface area contributed by atoms with Gasteiger partial charge in [-0.15, -0.1) is 11.3 Å². The number of thiophene rings is 1. The maximum atomic E-state index is 6.09. The molecule has 0 amide bonds. The Morgan fingerprint density at radius 3 is 2.44 bits per heavy atom. The lowest BCUT2D eigenvalue weighted by molar-refractivity contribution is 0.352. The van der Waals surface area contributed by atoms with Crippen LogP contribution in [0.2, 0.25) is 0 Å². The second-order valence-electron chi connectivity index (χ2n) is 7.01. The second-order valence-corrected chi connectivity index (χ2v) is 7.99. The lowest BCUT2D eigenvalue weighted by atomic mass is 10.1. The first kappa shape index (κ1) is 21.3. The highest BCUT2D eigenvalue weighted by Crippen LogP contribution is 2.29. The van der Waals surface area contributed by atoms with Crippen LogP contribution in [0.15, 0.2) is 47.9 Å². The molecule has 0 N–H and O–H groups in total. The zero-order valence-corrected chi connectivity index (χ0v) is 17.9. The highest BCUT2D eigenvalue weighted by Gasteiger charge is 2.10. The second kappa shape index (κ2) is 11.7. The summed E-state index contributed by atoms with van der Waals surface area (Å²) in [6.45, 7) is 13.2. The number of rotatable bonds is 12. The first-order chi connectivity index (χ1) is 13.1. The zero-order valence-electron chi connectivity index (χ0n) is 17.0. The lowest BCUT2D eigenvalue weighted by Crippen LogP contribution is -2.25. The van der Waals surface area contributed by atoms with Crippen LogP contribution in [0.5, 0.6) is 5.75 Å². The van der Waals surface area contributed by atoms with E-state index in [1.807, 2.05) is 6.92 Å². The van der Waals surface area contributed by atoms with E-state index in [-0.39, 0.29) is 0 Å². The van der Waals surface area contributed by atoms with Crippen molar-refractivity contribution in [3.8, 4) is 5.75 Å². The predicted molar refractivity (Wildman–Crippen MR) is 122 cm³/mol. The van der Waals surface area contributed by atoms with Gasteiger partial charge in [-0.2, -0.15) is 0 Å². The molecule has 1 aromatic carbocycles. The summed E-state index contributed by atoms with van der Waals surface area (Å²) >= 11 is 1.74.